The van der Waals surface area contributed by atoms with Crippen molar-refractivity contribution in [1.82, 2.24) is 9.55 Å². The molecule has 0 fully saturated rings. The van der Waals surface area contributed by atoms with Gasteiger partial charge in [-0.2, -0.15) is 13.5 Å². The molecule has 0 amide bonds. The van der Waals surface area contributed by atoms with Crippen molar-refractivity contribution in [3.8, 4) is 0 Å². The molecule has 4 nitrogen and oxygen atoms in total. The van der Waals surface area contributed by atoms with E-state index in [9.17, 15) is 0 Å². The summed E-state index contributed by atoms with van der Waals surface area (Å²) in [6.07, 6.45) is 0.768. The van der Waals surface area contributed by atoms with Crippen molar-refractivity contribution in [2.45, 2.75) is 25.9 Å². The monoisotopic (exact) mass is 489 g/mol. The number of nitrogens with zero attached hydrogens (tertiary/aromatic N) is 2. The number of hydrogen-bond donors (Lipinski definition) is 1. The van der Waals surface area contributed by atoms with Crippen LogP contribution in [0, 0.1) is 0 Å². The number of aromatic nitrogens is 2. The fourth-order valence-electron chi connectivity index (χ4n) is 2.01. The zero-order chi connectivity index (χ0) is 13.8. The number of halogens is 2. The van der Waals surface area contributed by atoms with Gasteiger partial charge in [0.15, 0.2) is 0 Å². The molecule has 112 valence electrons. The lowest BCUT2D eigenvalue weighted by molar-refractivity contribution is 0.353. The number of benzene rings is 1. The van der Waals surface area contributed by atoms with Crippen molar-refractivity contribution in [3.63, 3.8) is 0 Å². The third-order valence-corrected chi connectivity index (χ3v) is 4.25. The highest BCUT2D eigenvalue weighted by atomic mass is 127. The average molecular weight is 490 g/mol. The molecule has 2 rings (SSSR count). The van der Waals surface area contributed by atoms with Gasteiger partial charge in [-0.3, -0.25) is 0 Å². The molecule has 0 bridgehead atoms. The molecule has 1 atom stereocenters. The molecule has 2 aromatic rings. The molecule has 2 N–H and O–H groups in total. The summed E-state index contributed by atoms with van der Waals surface area (Å²) >= 11 is 5.60. The minimum Gasteiger partial charge on any atom is -0.328 e. The lowest BCUT2D eigenvalue weighted by Crippen LogP contribution is -2.21. The second-order valence-electron chi connectivity index (χ2n) is 4.38. The number of fused-ring (bicyclic) bond motifs is 1. The second kappa shape index (κ2) is 8.84. The Labute approximate surface area is 150 Å². The summed E-state index contributed by atoms with van der Waals surface area (Å²) in [6.45, 7) is 3.44. The Balaban J connectivity index is 0.00000200. The molecule has 1 unspecified atom stereocenters. The van der Waals surface area contributed by atoms with Gasteiger partial charge < -0.3 is 14.5 Å². The molecule has 1 aromatic heterocycles. The highest BCUT2D eigenvalue weighted by Gasteiger charge is 2.12. The van der Waals surface area contributed by atoms with E-state index in [0.29, 0.717) is 6.61 Å². The molecule has 0 spiro atoms. The maximum absolute atomic E-state index is 5.90. The van der Waals surface area contributed by atoms with Crippen LogP contribution in [0.15, 0.2) is 22.7 Å². The zero-order valence-corrected chi connectivity index (χ0v) is 16.5. The lowest BCUT2D eigenvalue weighted by atomic mass is 10.2. The highest BCUT2D eigenvalue weighted by Crippen LogP contribution is 2.22. The van der Waals surface area contributed by atoms with Crippen molar-refractivity contribution in [3.05, 3.63) is 28.5 Å². The normalized spacial score (nSPS) is 12.4. The van der Waals surface area contributed by atoms with E-state index < -0.39 is 0 Å². The molecule has 0 aliphatic heterocycles. The molecule has 0 radical (unpaired) electrons. The van der Waals surface area contributed by atoms with E-state index in [1.807, 2.05) is 19.1 Å². The van der Waals surface area contributed by atoms with E-state index >= 15 is 0 Å². The summed E-state index contributed by atoms with van der Waals surface area (Å²) in [5.41, 5.74) is 8.02. The van der Waals surface area contributed by atoms with Gasteiger partial charge in [-0.15, -0.1) is 0 Å². The predicted molar refractivity (Wildman–Crippen MR) is 103 cm³/mol. The van der Waals surface area contributed by atoms with E-state index in [1.54, 1.807) is 0 Å². The topological polar surface area (TPSA) is 53.1 Å². The second-order valence-corrected chi connectivity index (χ2v) is 6.74. The van der Waals surface area contributed by atoms with Gasteiger partial charge >= 0.3 is 0 Å². The zero-order valence-electron chi connectivity index (χ0n) is 11.0. The first kappa shape index (κ1) is 18.6. The fraction of sp³-hybridized carbons (Fsp3) is 0.417. The van der Waals surface area contributed by atoms with Crippen LogP contribution >= 0.6 is 59.8 Å². The van der Waals surface area contributed by atoms with E-state index in [0.717, 1.165) is 34.3 Å². The van der Waals surface area contributed by atoms with Crippen molar-refractivity contribution in [2.75, 3.05) is 6.61 Å². The Morgan fingerprint density at radius 3 is 2.95 bits per heavy atom. The SMILES string of the molecule is CC(N)Cc1nc2cc(Br)ccc2n1CCOSI.S. The standard InChI is InChI=1S/C12H15BrIN3OS.H2S/c1-8(15)6-12-16-10-7-9(13)2-3-11(10)17(12)4-5-18-19-14;/h2-3,7-8H,4-6,15H2,1H3;1H2. The summed E-state index contributed by atoms with van der Waals surface area (Å²) in [4.78, 5) is 4.68. The molecule has 0 saturated carbocycles. The Bertz CT molecular complexity index is 565. The lowest BCUT2D eigenvalue weighted by Gasteiger charge is -2.10. The first-order chi connectivity index (χ1) is 9.11. The molecule has 0 saturated heterocycles. The molecule has 8 heteroatoms. The van der Waals surface area contributed by atoms with Crippen LogP contribution in [0.1, 0.15) is 12.7 Å². The molecule has 0 aliphatic rings. The van der Waals surface area contributed by atoms with Gasteiger partial charge in [-0.25, -0.2) is 4.98 Å². The van der Waals surface area contributed by atoms with Gasteiger partial charge in [0.1, 0.15) is 5.82 Å². The summed E-state index contributed by atoms with van der Waals surface area (Å²) in [5, 5.41) is 0. The summed E-state index contributed by atoms with van der Waals surface area (Å²) in [5.74, 6) is 1.02. The number of hydrogen-bond acceptors (Lipinski definition) is 4. The van der Waals surface area contributed by atoms with Crippen LogP contribution in [0.2, 0.25) is 0 Å². The first-order valence-electron chi connectivity index (χ1n) is 5.92. The van der Waals surface area contributed by atoms with Crippen molar-refractivity contribution >= 4 is 70.9 Å². The van der Waals surface area contributed by atoms with Crippen LogP contribution in [-0.2, 0) is 17.1 Å². The Kier molecular flexibility index (Phi) is 8.21. The van der Waals surface area contributed by atoms with Crippen molar-refractivity contribution in [2.24, 2.45) is 5.73 Å². The van der Waals surface area contributed by atoms with Crippen LogP contribution in [0.5, 0.6) is 0 Å². The number of imidazole rings is 1. The van der Waals surface area contributed by atoms with Crippen LogP contribution in [0.25, 0.3) is 11.0 Å². The minimum atomic E-state index is 0. The quantitative estimate of drug-likeness (QED) is 0.380. The van der Waals surface area contributed by atoms with Gasteiger partial charge in [0, 0.05) is 44.7 Å². The average Bonchev–Trinajstić information content (AvgIpc) is 2.66. The van der Waals surface area contributed by atoms with Gasteiger partial charge in [0.25, 0.3) is 0 Å². The van der Waals surface area contributed by atoms with Crippen LogP contribution in [0.4, 0.5) is 0 Å². The number of rotatable bonds is 6. The smallest absolute Gasteiger partial charge is 0.111 e. The third-order valence-electron chi connectivity index (χ3n) is 2.74. The molecular weight excluding hydrogens is 473 g/mol. The molecule has 20 heavy (non-hydrogen) atoms. The van der Waals surface area contributed by atoms with Crippen molar-refractivity contribution < 1.29 is 4.18 Å². The maximum Gasteiger partial charge on any atom is 0.111 e. The van der Waals surface area contributed by atoms with Crippen LogP contribution < -0.4 is 5.73 Å². The Morgan fingerprint density at radius 1 is 1.55 bits per heavy atom. The minimum absolute atomic E-state index is 0. The largest absolute Gasteiger partial charge is 0.328 e. The summed E-state index contributed by atoms with van der Waals surface area (Å²) < 4.78 is 8.58. The van der Waals surface area contributed by atoms with E-state index in [2.05, 4.69) is 52.8 Å². The molecule has 1 aromatic carbocycles. The third kappa shape index (κ3) is 4.77. The van der Waals surface area contributed by atoms with Crippen molar-refractivity contribution in [1.29, 1.82) is 0 Å². The molecule has 1 heterocycles. The molecule has 0 aliphatic carbocycles. The summed E-state index contributed by atoms with van der Waals surface area (Å²) in [6, 6.07) is 6.24. The van der Waals surface area contributed by atoms with Gasteiger partial charge in [-0.1, -0.05) is 15.9 Å². The van der Waals surface area contributed by atoms with E-state index in [1.165, 1.54) is 9.21 Å². The highest BCUT2D eigenvalue weighted by molar-refractivity contribution is 14.2. The van der Waals surface area contributed by atoms with Gasteiger partial charge in [-0.05, 0) is 25.1 Å². The maximum atomic E-state index is 5.90. The van der Waals surface area contributed by atoms with Crippen LogP contribution in [0.3, 0.4) is 0 Å². The molecular formula is C12H17BrIN3OS2. The van der Waals surface area contributed by atoms with Gasteiger partial charge in [0.2, 0.25) is 0 Å². The Morgan fingerprint density at radius 2 is 2.30 bits per heavy atom. The predicted octanol–water partition coefficient (Wildman–Crippen LogP) is 3.82. The van der Waals surface area contributed by atoms with Gasteiger partial charge in [0.05, 0.1) is 26.9 Å². The van der Waals surface area contributed by atoms with E-state index in [4.69, 9.17) is 9.92 Å². The first-order valence-corrected chi connectivity index (χ1v) is 10.00. The van der Waals surface area contributed by atoms with Crippen LogP contribution in [-0.4, -0.2) is 22.2 Å². The number of nitrogens with two attached hydrogens (primary N) is 1. The van der Waals surface area contributed by atoms with E-state index in [-0.39, 0.29) is 19.5 Å². The fourth-order valence-corrected chi connectivity index (χ4v) is 3.03. The Hall–Kier alpha value is 0.520. The summed E-state index contributed by atoms with van der Waals surface area (Å²) in [7, 11) is 1.36.